The molecule has 2 N–H and O–H groups in total. The van der Waals surface area contributed by atoms with Gasteiger partial charge in [-0.25, -0.2) is 0 Å². The number of hydrogen-bond donors (Lipinski definition) is 2. The maximum atomic E-state index is 5.57. The molecule has 0 radical (unpaired) electrons. The van der Waals surface area contributed by atoms with Gasteiger partial charge in [0.05, 0.1) is 13.2 Å². The highest BCUT2D eigenvalue weighted by Gasteiger charge is 2.36. The van der Waals surface area contributed by atoms with E-state index in [1.807, 2.05) is 0 Å². The molecule has 1 heterocycles. The van der Waals surface area contributed by atoms with Crippen LogP contribution in [0.1, 0.15) is 33.1 Å². The maximum Gasteiger partial charge on any atom is 0.0623 e. The molecular weight excluding hydrogens is 200 g/mol. The SMILES string of the molecule is CCCNC1COCC1CNC1CC1CC. The van der Waals surface area contributed by atoms with Gasteiger partial charge in [0.2, 0.25) is 0 Å². The van der Waals surface area contributed by atoms with Gasteiger partial charge in [-0.3, -0.25) is 0 Å². The number of rotatable bonds is 7. The van der Waals surface area contributed by atoms with Crippen molar-refractivity contribution in [3.05, 3.63) is 0 Å². The smallest absolute Gasteiger partial charge is 0.0623 e. The normalized spacial score (nSPS) is 37.9. The molecule has 0 aromatic carbocycles. The molecule has 2 rings (SSSR count). The molecule has 3 heteroatoms. The first kappa shape index (κ1) is 12.3. The molecule has 3 nitrogen and oxygen atoms in total. The van der Waals surface area contributed by atoms with Crippen LogP contribution in [0.3, 0.4) is 0 Å². The van der Waals surface area contributed by atoms with E-state index >= 15 is 0 Å². The molecule has 2 fully saturated rings. The molecule has 16 heavy (non-hydrogen) atoms. The van der Waals surface area contributed by atoms with Crippen LogP contribution in [0.5, 0.6) is 0 Å². The summed E-state index contributed by atoms with van der Waals surface area (Å²) in [6.07, 6.45) is 3.92. The van der Waals surface area contributed by atoms with Crippen molar-refractivity contribution in [3.8, 4) is 0 Å². The van der Waals surface area contributed by atoms with E-state index in [0.717, 1.165) is 38.3 Å². The summed E-state index contributed by atoms with van der Waals surface area (Å²) in [5.74, 6) is 1.62. The lowest BCUT2D eigenvalue weighted by atomic mass is 10.0. The van der Waals surface area contributed by atoms with E-state index < -0.39 is 0 Å². The van der Waals surface area contributed by atoms with Crippen molar-refractivity contribution in [1.29, 1.82) is 0 Å². The Kier molecular flexibility index (Phi) is 4.62. The lowest BCUT2D eigenvalue weighted by Gasteiger charge is -2.19. The molecule has 0 bridgehead atoms. The molecule has 1 aliphatic carbocycles. The Labute approximate surface area is 99.3 Å². The summed E-state index contributed by atoms with van der Waals surface area (Å²) >= 11 is 0. The minimum absolute atomic E-state index is 0.575. The third kappa shape index (κ3) is 3.19. The number of ether oxygens (including phenoxy) is 1. The molecule has 4 unspecified atom stereocenters. The lowest BCUT2D eigenvalue weighted by Crippen LogP contribution is -2.41. The van der Waals surface area contributed by atoms with Crippen LogP contribution in [0, 0.1) is 11.8 Å². The van der Waals surface area contributed by atoms with Gasteiger partial charge in [0.15, 0.2) is 0 Å². The van der Waals surface area contributed by atoms with Gasteiger partial charge in [-0.1, -0.05) is 20.3 Å². The van der Waals surface area contributed by atoms with Crippen LogP contribution in [-0.2, 0) is 4.74 Å². The van der Waals surface area contributed by atoms with Gasteiger partial charge in [-0.05, 0) is 25.3 Å². The zero-order chi connectivity index (χ0) is 11.4. The topological polar surface area (TPSA) is 33.3 Å². The lowest BCUT2D eigenvalue weighted by molar-refractivity contribution is 0.182. The molecular formula is C13H26N2O. The van der Waals surface area contributed by atoms with Crippen molar-refractivity contribution in [2.24, 2.45) is 11.8 Å². The van der Waals surface area contributed by atoms with Crippen molar-refractivity contribution in [3.63, 3.8) is 0 Å². The van der Waals surface area contributed by atoms with Crippen LogP contribution in [0.25, 0.3) is 0 Å². The molecule has 1 saturated heterocycles. The van der Waals surface area contributed by atoms with Crippen molar-refractivity contribution < 1.29 is 4.74 Å². The fourth-order valence-corrected chi connectivity index (χ4v) is 2.61. The van der Waals surface area contributed by atoms with E-state index in [1.54, 1.807) is 0 Å². The number of nitrogens with one attached hydrogen (secondary N) is 2. The van der Waals surface area contributed by atoms with Crippen LogP contribution in [0.15, 0.2) is 0 Å². The largest absolute Gasteiger partial charge is 0.379 e. The highest BCUT2D eigenvalue weighted by Crippen LogP contribution is 2.33. The molecule has 4 atom stereocenters. The Hall–Kier alpha value is -0.120. The van der Waals surface area contributed by atoms with Gasteiger partial charge in [-0.2, -0.15) is 0 Å². The predicted molar refractivity (Wildman–Crippen MR) is 66.6 cm³/mol. The average Bonchev–Trinajstić information content (AvgIpc) is 2.93. The van der Waals surface area contributed by atoms with E-state index in [1.165, 1.54) is 19.3 Å². The standard InChI is InChI=1S/C13H26N2O/c1-3-5-14-13-9-16-8-11(13)7-15-12-6-10(12)4-2/h10-15H,3-9H2,1-2H3. The molecule has 0 spiro atoms. The fourth-order valence-electron chi connectivity index (χ4n) is 2.61. The molecule has 1 saturated carbocycles. The molecule has 0 aromatic rings. The number of hydrogen-bond acceptors (Lipinski definition) is 3. The van der Waals surface area contributed by atoms with E-state index in [4.69, 9.17) is 4.74 Å². The van der Waals surface area contributed by atoms with E-state index in [-0.39, 0.29) is 0 Å². The molecule has 94 valence electrons. The van der Waals surface area contributed by atoms with Gasteiger partial charge in [-0.15, -0.1) is 0 Å². The summed E-state index contributed by atoms with van der Waals surface area (Å²) in [5.41, 5.74) is 0. The van der Waals surface area contributed by atoms with Gasteiger partial charge in [0, 0.05) is 24.5 Å². The Morgan fingerprint density at radius 1 is 1.06 bits per heavy atom. The second-order valence-electron chi connectivity index (χ2n) is 5.28. The van der Waals surface area contributed by atoms with E-state index in [2.05, 4.69) is 24.5 Å². The molecule has 2 aliphatic rings. The van der Waals surface area contributed by atoms with Crippen LogP contribution < -0.4 is 10.6 Å². The molecule has 0 amide bonds. The van der Waals surface area contributed by atoms with Crippen molar-refractivity contribution in [1.82, 2.24) is 10.6 Å². The zero-order valence-electron chi connectivity index (χ0n) is 10.7. The summed E-state index contributed by atoms with van der Waals surface area (Å²) in [6, 6.07) is 1.38. The first-order valence-electron chi connectivity index (χ1n) is 6.89. The quantitative estimate of drug-likeness (QED) is 0.688. The summed E-state index contributed by atoms with van der Waals surface area (Å²) in [6.45, 7) is 8.57. The van der Waals surface area contributed by atoms with Gasteiger partial charge in [0.1, 0.15) is 0 Å². The minimum Gasteiger partial charge on any atom is -0.379 e. The third-order valence-electron chi connectivity index (χ3n) is 3.94. The van der Waals surface area contributed by atoms with E-state index in [0.29, 0.717) is 12.0 Å². The third-order valence-corrected chi connectivity index (χ3v) is 3.94. The Bertz CT molecular complexity index is 210. The van der Waals surface area contributed by atoms with Crippen LogP contribution in [0.2, 0.25) is 0 Å². The van der Waals surface area contributed by atoms with Crippen LogP contribution in [0.4, 0.5) is 0 Å². The van der Waals surface area contributed by atoms with Gasteiger partial charge < -0.3 is 15.4 Å². The highest BCUT2D eigenvalue weighted by atomic mass is 16.5. The second-order valence-corrected chi connectivity index (χ2v) is 5.28. The average molecular weight is 226 g/mol. The second kappa shape index (κ2) is 5.99. The molecule has 1 aliphatic heterocycles. The Morgan fingerprint density at radius 3 is 2.62 bits per heavy atom. The Morgan fingerprint density at radius 2 is 1.94 bits per heavy atom. The maximum absolute atomic E-state index is 5.57. The highest BCUT2D eigenvalue weighted by molar-refractivity contribution is 4.93. The first-order chi connectivity index (χ1) is 7.85. The summed E-state index contributed by atoms with van der Waals surface area (Å²) in [5, 5.41) is 7.27. The predicted octanol–water partition coefficient (Wildman–Crippen LogP) is 1.39. The summed E-state index contributed by atoms with van der Waals surface area (Å²) < 4.78 is 5.57. The zero-order valence-corrected chi connectivity index (χ0v) is 10.7. The van der Waals surface area contributed by atoms with Crippen molar-refractivity contribution in [2.75, 3.05) is 26.3 Å². The Balaban J connectivity index is 1.64. The first-order valence-corrected chi connectivity index (χ1v) is 6.89. The molecule has 0 aromatic heterocycles. The minimum atomic E-state index is 0.575. The van der Waals surface area contributed by atoms with E-state index in [9.17, 15) is 0 Å². The summed E-state index contributed by atoms with van der Waals surface area (Å²) in [7, 11) is 0. The van der Waals surface area contributed by atoms with Crippen LogP contribution in [-0.4, -0.2) is 38.4 Å². The van der Waals surface area contributed by atoms with Gasteiger partial charge in [0.25, 0.3) is 0 Å². The fraction of sp³-hybridized carbons (Fsp3) is 1.00. The monoisotopic (exact) mass is 226 g/mol. The van der Waals surface area contributed by atoms with Crippen LogP contribution >= 0.6 is 0 Å². The van der Waals surface area contributed by atoms with Crippen molar-refractivity contribution >= 4 is 0 Å². The summed E-state index contributed by atoms with van der Waals surface area (Å²) in [4.78, 5) is 0. The van der Waals surface area contributed by atoms with Crippen molar-refractivity contribution in [2.45, 2.75) is 45.2 Å². The van der Waals surface area contributed by atoms with Gasteiger partial charge >= 0.3 is 0 Å².